The van der Waals surface area contributed by atoms with Gasteiger partial charge in [-0.2, -0.15) is 5.10 Å². The lowest BCUT2D eigenvalue weighted by Crippen LogP contribution is -2.13. The van der Waals surface area contributed by atoms with Crippen molar-refractivity contribution in [1.29, 1.82) is 0 Å². The highest BCUT2D eigenvalue weighted by Crippen LogP contribution is 2.13. The van der Waals surface area contributed by atoms with Crippen molar-refractivity contribution in [2.24, 2.45) is 5.73 Å². The lowest BCUT2D eigenvalue weighted by Gasteiger charge is -2.08. The minimum Gasteiger partial charge on any atom is -0.323 e. The third-order valence-electron chi connectivity index (χ3n) is 1.96. The standard InChI is InChI=1S/C9H12N6/c1-6(10)8-9(12-4-3-11-8)15-5-13-7(2)14-15/h3-6H,10H2,1-2H3. The van der Waals surface area contributed by atoms with Crippen LogP contribution in [0.15, 0.2) is 18.7 Å². The lowest BCUT2D eigenvalue weighted by atomic mass is 10.2. The fourth-order valence-electron chi connectivity index (χ4n) is 1.29. The van der Waals surface area contributed by atoms with Gasteiger partial charge in [0.1, 0.15) is 17.8 Å². The van der Waals surface area contributed by atoms with Crippen molar-refractivity contribution in [2.75, 3.05) is 0 Å². The van der Waals surface area contributed by atoms with Gasteiger partial charge >= 0.3 is 0 Å². The van der Waals surface area contributed by atoms with E-state index in [2.05, 4.69) is 20.1 Å². The van der Waals surface area contributed by atoms with Gasteiger partial charge in [-0.25, -0.2) is 14.6 Å². The van der Waals surface area contributed by atoms with E-state index in [9.17, 15) is 0 Å². The first-order valence-corrected chi connectivity index (χ1v) is 4.63. The summed E-state index contributed by atoms with van der Waals surface area (Å²) >= 11 is 0. The second kappa shape index (κ2) is 3.74. The number of aryl methyl sites for hydroxylation is 1. The lowest BCUT2D eigenvalue weighted by molar-refractivity contribution is 0.726. The molecule has 2 heterocycles. The van der Waals surface area contributed by atoms with Crippen molar-refractivity contribution < 1.29 is 0 Å². The SMILES string of the molecule is Cc1ncn(-c2nccnc2C(C)N)n1. The second-order valence-corrected chi connectivity index (χ2v) is 3.29. The van der Waals surface area contributed by atoms with Crippen LogP contribution in [0.1, 0.15) is 24.5 Å². The number of rotatable bonds is 2. The van der Waals surface area contributed by atoms with Crippen LogP contribution >= 0.6 is 0 Å². The van der Waals surface area contributed by atoms with Gasteiger partial charge in [-0.15, -0.1) is 0 Å². The average molecular weight is 204 g/mol. The molecule has 6 nitrogen and oxygen atoms in total. The van der Waals surface area contributed by atoms with Crippen LogP contribution in [-0.2, 0) is 0 Å². The summed E-state index contributed by atoms with van der Waals surface area (Å²) < 4.78 is 1.58. The van der Waals surface area contributed by atoms with E-state index in [1.807, 2.05) is 13.8 Å². The molecule has 2 aromatic rings. The van der Waals surface area contributed by atoms with Crippen LogP contribution in [0.5, 0.6) is 0 Å². The van der Waals surface area contributed by atoms with Crippen molar-refractivity contribution in [3.05, 3.63) is 30.2 Å². The number of hydrogen-bond acceptors (Lipinski definition) is 5. The Hall–Kier alpha value is -1.82. The topological polar surface area (TPSA) is 82.5 Å². The van der Waals surface area contributed by atoms with Crippen molar-refractivity contribution >= 4 is 0 Å². The smallest absolute Gasteiger partial charge is 0.178 e. The van der Waals surface area contributed by atoms with Crippen LogP contribution in [0.4, 0.5) is 0 Å². The van der Waals surface area contributed by atoms with Crippen molar-refractivity contribution in [3.63, 3.8) is 0 Å². The second-order valence-electron chi connectivity index (χ2n) is 3.29. The van der Waals surface area contributed by atoms with E-state index in [1.54, 1.807) is 23.4 Å². The molecule has 0 saturated carbocycles. The van der Waals surface area contributed by atoms with Gasteiger partial charge in [0.05, 0.1) is 0 Å². The van der Waals surface area contributed by atoms with Crippen molar-refractivity contribution in [2.45, 2.75) is 19.9 Å². The quantitative estimate of drug-likeness (QED) is 0.764. The molecule has 1 atom stereocenters. The first-order valence-electron chi connectivity index (χ1n) is 4.63. The summed E-state index contributed by atoms with van der Waals surface area (Å²) in [5.41, 5.74) is 6.51. The molecule has 15 heavy (non-hydrogen) atoms. The van der Waals surface area contributed by atoms with Crippen LogP contribution in [0, 0.1) is 6.92 Å². The van der Waals surface area contributed by atoms with Crippen LogP contribution in [0.25, 0.3) is 5.82 Å². The number of nitrogens with two attached hydrogens (primary N) is 1. The van der Waals surface area contributed by atoms with Gasteiger partial charge in [0.25, 0.3) is 0 Å². The molecule has 0 fully saturated rings. The normalized spacial score (nSPS) is 12.7. The molecule has 2 rings (SSSR count). The molecule has 0 spiro atoms. The summed E-state index contributed by atoms with van der Waals surface area (Å²) in [4.78, 5) is 12.4. The Morgan fingerprint density at radius 1 is 1.27 bits per heavy atom. The molecule has 0 bridgehead atoms. The average Bonchev–Trinajstić information content (AvgIpc) is 2.65. The summed E-state index contributed by atoms with van der Waals surface area (Å²) in [6.45, 7) is 3.68. The third-order valence-corrected chi connectivity index (χ3v) is 1.96. The summed E-state index contributed by atoms with van der Waals surface area (Å²) in [5.74, 6) is 1.32. The Kier molecular flexibility index (Phi) is 2.42. The molecular weight excluding hydrogens is 192 g/mol. The minimum absolute atomic E-state index is 0.182. The Morgan fingerprint density at radius 2 is 2.00 bits per heavy atom. The van der Waals surface area contributed by atoms with Gasteiger partial charge in [0.2, 0.25) is 0 Å². The first-order chi connectivity index (χ1) is 7.18. The molecule has 0 aliphatic heterocycles. The zero-order valence-corrected chi connectivity index (χ0v) is 8.62. The highest BCUT2D eigenvalue weighted by molar-refractivity contribution is 5.28. The Balaban J connectivity index is 2.52. The molecule has 0 aliphatic carbocycles. The molecule has 2 N–H and O–H groups in total. The molecule has 1 unspecified atom stereocenters. The molecule has 0 radical (unpaired) electrons. The Bertz CT molecular complexity index is 461. The zero-order chi connectivity index (χ0) is 10.8. The molecule has 0 amide bonds. The van der Waals surface area contributed by atoms with Gasteiger partial charge in [-0.3, -0.25) is 4.98 Å². The number of hydrogen-bond donors (Lipinski definition) is 1. The van der Waals surface area contributed by atoms with Crippen LogP contribution in [-0.4, -0.2) is 24.7 Å². The molecule has 2 aromatic heterocycles. The fourth-order valence-corrected chi connectivity index (χ4v) is 1.29. The fraction of sp³-hybridized carbons (Fsp3) is 0.333. The predicted octanol–water partition coefficient (Wildman–Crippen LogP) is 0.385. The zero-order valence-electron chi connectivity index (χ0n) is 8.62. The highest BCUT2D eigenvalue weighted by Gasteiger charge is 2.11. The molecule has 0 aliphatic rings. The van der Waals surface area contributed by atoms with Gasteiger partial charge in [0.15, 0.2) is 5.82 Å². The maximum Gasteiger partial charge on any atom is 0.178 e. The maximum absolute atomic E-state index is 5.79. The molecule has 0 saturated heterocycles. The van der Waals surface area contributed by atoms with E-state index in [-0.39, 0.29) is 6.04 Å². The Labute approximate surface area is 87.2 Å². The molecule has 78 valence electrons. The molecule has 6 heteroatoms. The van der Waals surface area contributed by atoms with Crippen LogP contribution in [0.2, 0.25) is 0 Å². The minimum atomic E-state index is -0.182. The summed E-state index contributed by atoms with van der Waals surface area (Å²) in [5, 5.41) is 4.17. The largest absolute Gasteiger partial charge is 0.323 e. The van der Waals surface area contributed by atoms with Gasteiger partial charge < -0.3 is 5.73 Å². The summed E-state index contributed by atoms with van der Waals surface area (Å²) in [6.07, 6.45) is 4.83. The predicted molar refractivity (Wildman–Crippen MR) is 54.3 cm³/mol. The van der Waals surface area contributed by atoms with E-state index in [1.165, 1.54) is 0 Å². The van der Waals surface area contributed by atoms with E-state index in [4.69, 9.17) is 5.73 Å². The van der Waals surface area contributed by atoms with Crippen LogP contribution < -0.4 is 5.73 Å². The molecular formula is C9H12N6. The number of nitrogens with zero attached hydrogens (tertiary/aromatic N) is 5. The maximum atomic E-state index is 5.79. The highest BCUT2D eigenvalue weighted by atomic mass is 15.4. The van der Waals surface area contributed by atoms with E-state index in [0.717, 1.165) is 0 Å². The third kappa shape index (κ3) is 1.84. The van der Waals surface area contributed by atoms with Gasteiger partial charge in [0, 0.05) is 18.4 Å². The van der Waals surface area contributed by atoms with Crippen molar-refractivity contribution in [3.8, 4) is 5.82 Å². The summed E-state index contributed by atoms with van der Waals surface area (Å²) in [6, 6.07) is -0.182. The van der Waals surface area contributed by atoms with Crippen molar-refractivity contribution in [1.82, 2.24) is 24.7 Å². The van der Waals surface area contributed by atoms with Crippen LogP contribution in [0.3, 0.4) is 0 Å². The molecule has 0 aromatic carbocycles. The van der Waals surface area contributed by atoms with E-state index >= 15 is 0 Å². The van der Waals surface area contributed by atoms with E-state index < -0.39 is 0 Å². The monoisotopic (exact) mass is 204 g/mol. The van der Waals surface area contributed by atoms with Gasteiger partial charge in [-0.05, 0) is 13.8 Å². The number of aromatic nitrogens is 5. The van der Waals surface area contributed by atoms with Gasteiger partial charge in [-0.1, -0.05) is 0 Å². The first kappa shape index (κ1) is 9.72. The summed E-state index contributed by atoms with van der Waals surface area (Å²) in [7, 11) is 0. The van der Waals surface area contributed by atoms with E-state index in [0.29, 0.717) is 17.3 Å². The Morgan fingerprint density at radius 3 is 2.60 bits per heavy atom.